The van der Waals surface area contributed by atoms with Gasteiger partial charge in [-0.2, -0.15) is 4.89 Å². The van der Waals surface area contributed by atoms with E-state index in [0.29, 0.717) is 30.4 Å². The fourth-order valence-corrected chi connectivity index (χ4v) is 1.10. The minimum absolute atomic E-state index is 0.403. The maximum atomic E-state index is 11.6. The fourth-order valence-electron chi connectivity index (χ4n) is 1.10. The van der Waals surface area contributed by atoms with E-state index in [1.807, 2.05) is 13.8 Å². The van der Waals surface area contributed by atoms with Crippen LogP contribution in [0.2, 0.25) is 0 Å². The van der Waals surface area contributed by atoms with E-state index in [0.717, 1.165) is 0 Å². The number of rotatable bonds is 6. The van der Waals surface area contributed by atoms with E-state index in [-0.39, 0.29) is 0 Å². The Bertz CT molecular complexity index is 362. The molecule has 0 aliphatic heterocycles. The molecule has 1 aromatic rings. The first-order chi connectivity index (χ1) is 8.17. The summed E-state index contributed by atoms with van der Waals surface area (Å²) in [6, 6.07) is 6.79. The summed E-state index contributed by atoms with van der Waals surface area (Å²) in [7, 11) is 0. The third-order valence-electron chi connectivity index (χ3n) is 2.14. The van der Waals surface area contributed by atoms with Gasteiger partial charge in [-0.05, 0) is 38.5 Å². The molecule has 1 rings (SSSR count). The van der Waals surface area contributed by atoms with Gasteiger partial charge < -0.3 is 4.74 Å². The molecule has 0 atom stereocenters. The average Bonchev–Trinajstić information content (AvgIpc) is 2.36. The van der Waals surface area contributed by atoms with Crippen molar-refractivity contribution in [1.29, 1.82) is 0 Å². The number of hydrogen-bond donors (Lipinski definition) is 0. The third kappa shape index (κ3) is 4.44. The van der Waals surface area contributed by atoms with Crippen LogP contribution in [-0.2, 0) is 9.78 Å². The van der Waals surface area contributed by atoms with Crippen LogP contribution in [0.5, 0.6) is 5.75 Å². The van der Waals surface area contributed by atoms with Gasteiger partial charge in [-0.1, -0.05) is 13.0 Å². The van der Waals surface area contributed by atoms with E-state index in [1.165, 1.54) is 0 Å². The second-order valence-electron chi connectivity index (χ2n) is 3.47. The molecule has 0 unspecified atom stereocenters. The Morgan fingerprint density at radius 1 is 1.24 bits per heavy atom. The van der Waals surface area contributed by atoms with Crippen LogP contribution in [0.25, 0.3) is 0 Å². The van der Waals surface area contributed by atoms with Crippen LogP contribution in [0.1, 0.15) is 37.6 Å². The van der Waals surface area contributed by atoms with Crippen molar-refractivity contribution in [3.8, 4) is 5.75 Å². The zero-order valence-corrected chi connectivity index (χ0v) is 10.4. The van der Waals surface area contributed by atoms with Crippen molar-refractivity contribution in [2.75, 3.05) is 6.61 Å². The minimum atomic E-state index is -0.528. The van der Waals surface area contributed by atoms with Crippen LogP contribution >= 0.6 is 0 Å². The molecule has 93 valence electrons. The molecule has 0 spiro atoms. The molecule has 0 amide bonds. The van der Waals surface area contributed by atoms with Crippen molar-refractivity contribution in [2.24, 2.45) is 0 Å². The molecule has 0 aromatic heterocycles. The number of benzene rings is 1. The molecule has 4 heteroatoms. The summed E-state index contributed by atoms with van der Waals surface area (Å²) in [6.45, 7) is 6.11. The zero-order valence-electron chi connectivity index (χ0n) is 10.4. The van der Waals surface area contributed by atoms with Crippen LogP contribution < -0.4 is 4.74 Å². The molecule has 4 nitrogen and oxygen atoms in total. The predicted molar refractivity (Wildman–Crippen MR) is 63.3 cm³/mol. The molecule has 0 aliphatic rings. The highest BCUT2D eigenvalue weighted by Crippen LogP contribution is 2.15. The standard InChI is InChI=1S/C13H17O4/c1-4-10(3)16-17-13(14)11-7-6-8-12(9-11)15-5-2/h6-9H,4-5H2,1-3H3. The van der Waals surface area contributed by atoms with E-state index in [2.05, 4.69) is 4.89 Å². The molecule has 0 aliphatic carbocycles. The SMILES string of the molecule is CCOc1cccc(C(=O)OO[C](C)CC)c1. The van der Waals surface area contributed by atoms with Crippen molar-refractivity contribution >= 4 is 5.97 Å². The lowest BCUT2D eigenvalue weighted by Gasteiger charge is -2.08. The van der Waals surface area contributed by atoms with E-state index in [1.54, 1.807) is 31.2 Å². The van der Waals surface area contributed by atoms with Crippen molar-refractivity contribution in [3.05, 3.63) is 35.9 Å². The van der Waals surface area contributed by atoms with Gasteiger partial charge in [0.05, 0.1) is 12.2 Å². The monoisotopic (exact) mass is 237 g/mol. The Morgan fingerprint density at radius 2 is 2.00 bits per heavy atom. The lowest BCUT2D eigenvalue weighted by atomic mass is 10.2. The molecule has 17 heavy (non-hydrogen) atoms. The molecule has 1 aromatic carbocycles. The maximum absolute atomic E-state index is 11.6. The van der Waals surface area contributed by atoms with Crippen molar-refractivity contribution in [2.45, 2.75) is 27.2 Å². The van der Waals surface area contributed by atoms with Crippen LogP contribution in [0.15, 0.2) is 24.3 Å². The molecule has 0 bridgehead atoms. The Morgan fingerprint density at radius 3 is 2.65 bits per heavy atom. The molecular formula is C13H17O4. The minimum Gasteiger partial charge on any atom is -0.494 e. The van der Waals surface area contributed by atoms with Gasteiger partial charge >= 0.3 is 5.97 Å². The smallest absolute Gasteiger partial charge is 0.373 e. The largest absolute Gasteiger partial charge is 0.494 e. The summed E-state index contributed by atoms with van der Waals surface area (Å²) >= 11 is 0. The van der Waals surface area contributed by atoms with E-state index in [4.69, 9.17) is 9.62 Å². The summed E-state index contributed by atoms with van der Waals surface area (Å²) in [5, 5.41) is 0. The van der Waals surface area contributed by atoms with Crippen LogP contribution in [-0.4, -0.2) is 12.6 Å². The van der Waals surface area contributed by atoms with Gasteiger partial charge in [0, 0.05) is 0 Å². The number of carbonyl (C=O) groups excluding carboxylic acids is 1. The molecule has 0 heterocycles. The first-order valence-electron chi connectivity index (χ1n) is 5.61. The topological polar surface area (TPSA) is 44.8 Å². The zero-order chi connectivity index (χ0) is 12.7. The maximum Gasteiger partial charge on any atom is 0.373 e. The highest BCUT2D eigenvalue weighted by atomic mass is 17.2. The summed E-state index contributed by atoms with van der Waals surface area (Å²) in [5.74, 6) is 0.109. The van der Waals surface area contributed by atoms with Crippen LogP contribution in [0.4, 0.5) is 0 Å². The van der Waals surface area contributed by atoms with E-state index < -0.39 is 5.97 Å². The molecule has 0 N–H and O–H groups in total. The normalized spacial score (nSPS) is 10.4. The highest BCUT2D eigenvalue weighted by Gasteiger charge is 2.11. The van der Waals surface area contributed by atoms with Gasteiger partial charge in [0.25, 0.3) is 0 Å². The lowest BCUT2D eigenvalue weighted by Crippen LogP contribution is -2.08. The number of ether oxygens (including phenoxy) is 1. The van der Waals surface area contributed by atoms with Crippen LogP contribution in [0.3, 0.4) is 0 Å². The first kappa shape index (κ1) is 13.5. The van der Waals surface area contributed by atoms with Gasteiger partial charge in [0.2, 0.25) is 0 Å². The number of hydrogen-bond acceptors (Lipinski definition) is 4. The highest BCUT2D eigenvalue weighted by molar-refractivity contribution is 5.89. The lowest BCUT2D eigenvalue weighted by molar-refractivity contribution is -0.232. The van der Waals surface area contributed by atoms with Gasteiger partial charge in [0.1, 0.15) is 11.9 Å². The van der Waals surface area contributed by atoms with Crippen molar-refractivity contribution in [1.82, 2.24) is 0 Å². The Labute approximate surface area is 101 Å². The molecule has 0 fully saturated rings. The fraction of sp³-hybridized carbons (Fsp3) is 0.385. The second kappa shape index (κ2) is 6.91. The van der Waals surface area contributed by atoms with Crippen LogP contribution in [0, 0.1) is 6.10 Å². The summed E-state index contributed by atoms with van der Waals surface area (Å²) in [5.41, 5.74) is 0.403. The summed E-state index contributed by atoms with van der Waals surface area (Å²) in [4.78, 5) is 21.1. The van der Waals surface area contributed by atoms with Gasteiger partial charge in [-0.3, -0.25) is 4.89 Å². The van der Waals surface area contributed by atoms with Gasteiger partial charge in [0.15, 0.2) is 0 Å². The number of carbonyl (C=O) groups is 1. The molecule has 0 saturated carbocycles. The van der Waals surface area contributed by atoms with Crippen molar-refractivity contribution in [3.63, 3.8) is 0 Å². The van der Waals surface area contributed by atoms with E-state index >= 15 is 0 Å². The predicted octanol–water partition coefficient (Wildman–Crippen LogP) is 3.14. The Kier molecular flexibility index (Phi) is 5.49. The van der Waals surface area contributed by atoms with Crippen molar-refractivity contribution < 1.29 is 19.3 Å². The summed E-state index contributed by atoms with van der Waals surface area (Å²) in [6.07, 6.45) is 1.35. The second-order valence-corrected chi connectivity index (χ2v) is 3.47. The van der Waals surface area contributed by atoms with Gasteiger partial charge in [-0.15, -0.1) is 0 Å². The summed E-state index contributed by atoms with van der Waals surface area (Å²) < 4.78 is 5.29. The quantitative estimate of drug-likeness (QED) is 0.563. The van der Waals surface area contributed by atoms with E-state index in [9.17, 15) is 4.79 Å². The molecule has 1 radical (unpaired) electrons. The average molecular weight is 237 g/mol. The molecule has 0 saturated heterocycles. The van der Waals surface area contributed by atoms with Gasteiger partial charge in [-0.25, -0.2) is 4.79 Å². The molecular weight excluding hydrogens is 220 g/mol. The third-order valence-corrected chi connectivity index (χ3v) is 2.14. The first-order valence-corrected chi connectivity index (χ1v) is 5.61. The Hall–Kier alpha value is -1.55. The Balaban J connectivity index is 2.59.